The van der Waals surface area contributed by atoms with Crippen LogP contribution >= 0.6 is 0 Å². The summed E-state index contributed by atoms with van der Waals surface area (Å²) in [4.78, 5) is 16.1. The fraction of sp³-hybridized carbons (Fsp3) is 0.909. The Balaban J connectivity index is 2.11. The Morgan fingerprint density at radius 3 is 2.71 bits per heavy atom. The Morgan fingerprint density at radius 1 is 1.36 bits per heavy atom. The van der Waals surface area contributed by atoms with Crippen LogP contribution in [0, 0.1) is 0 Å². The highest BCUT2D eigenvalue weighted by molar-refractivity contribution is 5.74. The van der Waals surface area contributed by atoms with Crippen molar-refractivity contribution in [3.05, 3.63) is 0 Å². The number of nitrogens with zero attached hydrogens (tertiary/aromatic N) is 2. The van der Waals surface area contributed by atoms with Crippen molar-refractivity contribution in [1.29, 1.82) is 0 Å². The lowest BCUT2D eigenvalue weighted by Crippen LogP contribution is -2.48. The minimum atomic E-state index is 0.210. The van der Waals surface area contributed by atoms with E-state index in [1.807, 2.05) is 0 Å². The largest absolute Gasteiger partial charge is 0.336 e. The molecule has 2 aliphatic heterocycles. The van der Waals surface area contributed by atoms with Gasteiger partial charge >= 0.3 is 0 Å². The summed E-state index contributed by atoms with van der Waals surface area (Å²) in [6.45, 7) is 8.28. The molecule has 3 heteroatoms. The van der Waals surface area contributed by atoms with Crippen LogP contribution in [0.25, 0.3) is 0 Å². The highest BCUT2D eigenvalue weighted by Gasteiger charge is 2.46. The van der Waals surface area contributed by atoms with Gasteiger partial charge in [0.25, 0.3) is 0 Å². The molecule has 3 nitrogen and oxygen atoms in total. The summed E-state index contributed by atoms with van der Waals surface area (Å²) in [5.74, 6) is 0.264. The first kappa shape index (κ1) is 9.97. The Morgan fingerprint density at radius 2 is 2.14 bits per heavy atom. The molecule has 1 amide bonds. The average molecular weight is 196 g/mol. The fourth-order valence-electron chi connectivity index (χ4n) is 3.06. The second-order valence-electron chi connectivity index (χ2n) is 4.62. The molecule has 14 heavy (non-hydrogen) atoms. The lowest BCUT2D eigenvalue weighted by Gasteiger charge is -2.34. The summed E-state index contributed by atoms with van der Waals surface area (Å²) in [5.41, 5.74) is 0.210. The van der Waals surface area contributed by atoms with Crippen LogP contribution in [0.3, 0.4) is 0 Å². The van der Waals surface area contributed by atoms with Gasteiger partial charge < -0.3 is 9.80 Å². The quantitative estimate of drug-likeness (QED) is 0.627. The minimum Gasteiger partial charge on any atom is -0.336 e. The molecular formula is C11H20N2O. The van der Waals surface area contributed by atoms with E-state index in [1.165, 1.54) is 25.8 Å². The number of carbonyl (C=O) groups is 1. The third-order valence-electron chi connectivity index (χ3n) is 3.84. The maximum Gasteiger partial charge on any atom is 0.219 e. The van der Waals surface area contributed by atoms with E-state index in [9.17, 15) is 4.79 Å². The zero-order valence-electron chi connectivity index (χ0n) is 9.25. The molecule has 0 aromatic carbocycles. The molecule has 1 atom stereocenters. The van der Waals surface area contributed by atoms with Crippen molar-refractivity contribution in [2.45, 2.75) is 38.6 Å². The van der Waals surface area contributed by atoms with E-state index in [2.05, 4.69) is 16.7 Å². The lowest BCUT2D eigenvalue weighted by molar-refractivity contribution is -0.132. The number of carbonyl (C=O) groups excluding carboxylic acids is 1. The van der Waals surface area contributed by atoms with Crippen molar-refractivity contribution < 1.29 is 4.79 Å². The molecule has 1 spiro atoms. The number of hydrogen-bond acceptors (Lipinski definition) is 2. The first-order valence-electron chi connectivity index (χ1n) is 5.68. The van der Waals surface area contributed by atoms with Crippen LogP contribution in [0.5, 0.6) is 0 Å². The predicted molar refractivity (Wildman–Crippen MR) is 56.1 cm³/mol. The van der Waals surface area contributed by atoms with Crippen LogP contribution in [-0.4, -0.2) is 47.4 Å². The van der Waals surface area contributed by atoms with Crippen molar-refractivity contribution in [2.75, 3.05) is 26.2 Å². The van der Waals surface area contributed by atoms with E-state index in [0.29, 0.717) is 0 Å². The first-order chi connectivity index (χ1) is 6.68. The predicted octanol–water partition coefficient (Wildman–Crippen LogP) is 1.09. The second-order valence-corrected chi connectivity index (χ2v) is 4.62. The van der Waals surface area contributed by atoms with Crippen molar-refractivity contribution in [3.63, 3.8) is 0 Å². The number of amides is 1. The maximum atomic E-state index is 11.5. The van der Waals surface area contributed by atoms with Gasteiger partial charge in [-0.15, -0.1) is 0 Å². The van der Waals surface area contributed by atoms with Gasteiger partial charge in [-0.1, -0.05) is 6.92 Å². The van der Waals surface area contributed by atoms with Crippen LogP contribution < -0.4 is 0 Å². The van der Waals surface area contributed by atoms with E-state index >= 15 is 0 Å². The van der Waals surface area contributed by atoms with E-state index in [1.54, 1.807) is 6.92 Å². The smallest absolute Gasteiger partial charge is 0.219 e. The molecule has 80 valence electrons. The summed E-state index contributed by atoms with van der Waals surface area (Å²) in [6, 6.07) is 0. The van der Waals surface area contributed by atoms with Crippen LogP contribution in [0.2, 0.25) is 0 Å². The zero-order valence-corrected chi connectivity index (χ0v) is 9.25. The van der Waals surface area contributed by atoms with E-state index in [-0.39, 0.29) is 11.4 Å². The van der Waals surface area contributed by atoms with Crippen LogP contribution in [-0.2, 0) is 4.79 Å². The normalized spacial score (nSPS) is 33.1. The van der Waals surface area contributed by atoms with E-state index in [0.717, 1.165) is 19.6 Å². The van der Waals surface area contributed by atoms with Gasteiger partial charge in [0.2, 0.25) is 5.91 Å². The molecule has 2 fully saturated rings. The SMILES string of the molecule is CCN1CCC2(CCCN2C(C)=O)C1. The third kappa shape index (κ3) is 1.44. The topological polar surface area (TPSA) is 23.6 Å². The van der Waals surface area contributed by atoms with Crippen molar-refractivity contribution in [2.24, 2.45) is 0 Å². The van der Waals surface area contributed by atoms with E-state index in [4.69, 9.17) is 0 Å². The highest BCUT2D eigenvalue weighted by atomic mass is 16.2. The van der Waals surface area contributed by atoms with Crippen molar-refractivity contribution >= 4 is 5.91 Å². The standard InChI is InChI=1S/C11H20N2O/c1-3-12-8-6-11(9-12)5-4-7-13(11)10(2)14/h3-9H2,1-2H3. The monoisotopic (exact) mass is 196 g/mol. The van der Waals surface area contributed by atoms with Crippen molar-refractivity contribution in [3.8, 4) is 0 Å². The van der Waals surface area contributed by atoms with Crippen LogP contribution in [0.15, 0.2) is 0 Å². The maximum absolute atomic E-state index is 11.5. The first-order valence-corrected chi connectivity index (χ1v) is 5.68. The summed E-state index contributed by atoms with van der Waals surface area (Å²) in [5, 5.41) is 0. The number of hydrogen-bond donors (Lipinski definition) is 0. The molecule has 2 heterocycles. The van der Waals surface area contributed by atoms with Gasteiger partial charge in [-0.05, 0) is 25.8 Å². The summed E-state index contributed by atoms with van der Waals surface area (Å²) in [7, 11) is 0. The Labute approximate surface area is 86.1 Å². The zero-order chi connectivity index (χ0) is 10.2. The molecule has 0 saturated carbocycles. The number of likely N-dealkylation sites (N-methyl/N-ethyl adjacent to an activating group) is 1. The van der Waals surface area contributed by atoms with Gasteiger partial charge in [0, 0.05) is 26.6 Å². The number of likely N-dealkylation sites (tertiary alicyclic amines) is 2. The van der Waals surface area contributed by atoms with Crippen LogP contribution in [0.1, 0.15) is 33.1 Å². The molecule has 0 radical (unpaired) electrons. The molecule has 2 rings (SSSR count). The molecule has 0 N–H and O–H groups in total. The van der Waals surface area contributed by atoms with E-state index < -0.39 is 0 Å². The summed E-state index contributed by atoms with van der Waals surface area (Å²) in [6.07, 6.45) is 3.58. The van der Waals surface area contributed by atoms with Gasteiger partial charge in [0.1, 0.15) is 0 Å². The third-order valence-corrected chi connectivity index (χ3v) is 3.84. The van der Waals surface area contributed by atoms with Crippen molar-refractivity contribution in [1.82, 2.24) is 9.80 Å². The minimum absolute atomic E-state index is 0.210. The fourth-order valence-corrected chi connectivity index (χ4v) is 3.06. The summed E-state index contributed by atoms with van der Waals surface area (Å²) >= 11 is 0. The van der Waals surface area contributed by atoms with Gasteiger partial charge in [-0.3, -0.25) is 4.79 Å². The summed E-state index contributed by atoms with van der Waals surface area (Å²) < 4.78 is 0. The number of rotatable bonds is 1. The molecule has 2 saturated heterocycles. The van der Waals surface area contributed by atoms with Gasteiger partial charge in [-0.2, -0.15) is 0 Å². The van der Waals surface area contributed by atoms with Crippen LogP contribution in [0.4, 0.5) is 0 Å². The molecule has 0 bridgehead atoms. The van der Waals surface area contributed by atoms with Gasteiger partial charge in [-0.25, -0.2) is 0 Å². The molecule has 2 aliphatic rings. The Hall–Kier alpha value is -0.570. The van der Waals surface area contributed by atoms with Gasteiger partial charge in [0.15, 0.2) is 0 Å². The lowest BCUT2D eigenvalue weighted by atomic mass is 9.95. The second kappa shape index (κ2) is 3.54. The Kier molecular flexibility index (Phi) is 2.52. The molecule has 0 aromatic rings. The van der Waals surface area contributed by atoms with Gasteiger partial charge in [0.05, 0.1) is 5.54 Å². The Bertz CT molecular complexity index is 241. The highest BCUT2D eigenvalue weighted by Crippen LogP contribution is 2.37. The molecule has 0 aromatic heterocycles. The molecule has 0 aliphatic carbocycles. The molecular weight excluding hydrogens is 176 g/mol. The average Bonchev–Trinajstić information content (AvgIpc) is 2.74. The molecule has 1 unspecified atom stereocenters.